The second kappa shape index (κ2) is 15.7. The third-order valence-corrected chi connectivity index (χ3v) is 10.2. The van der Waals surface area contributed by atoms with Gasteiger partial charge in [0.2, 0.25) is 11.8 Å². The number of H-pyrrole nitrogens is 1. The van der Waals surface area contributed by atoms with E-state index in [2.05, 4.69) is 41.4 Å². The summed E-state index contributed by atoms with van der Waals surface area (Å²) < 4.78 is 6.12. The molecule has 0 saturated heterocycles. The highest BCUT2D eigenvalue weighted by molar-refractivity contribution is 7.99. The van der Waals surface area contributed by atoms with Gasteiger partial charge in [-0.25, -0.2) is 19.4 Å². The number of anilines is 1. The van der Waals surface area contributed by atoms with Crippen LogP contribution in [0.2, 0.25) is 0 Å². The monoisotopic (exact) mass is 692 g/mol. The molecule has 1 aromatic carbocycles. The molecule has 1 fully saturated rings. The smallest absolute Gasteiger partial charge is 0.342 e. The summed E-state index contributed by atoms with van der Waals surface area (Å²) in [6.07, 6.45) is 3.82. The van der Waals surface area contributed by atoms with Crippen LogP contribution in [0, 0.1) is 31.6 Å². The molecule has 1 aromatic heterocycles. The Kier molecular flexibility index (Phi) is 11.9. The van der Waals surface area contributed by atoms with E-state index in [-0.39, 0.29) is 58.7 Å². The van der Waals surface area contributed by atoms with Crippen molar-refractivity contribution >= 4 is 59.2 Å². The third kappa shape index (κ3) is 8.88. The largest absolute Gasteiger partial charge is 0.478 e. The van der Waals surface area contributed by atoms with Gasteiger partial charge >= 0.3 is 17.9 Å². The fraction of sp³-hybridized carbons (Fsp3) is 0.444. The fourth-order valence-electron chi connectivity index (χ4n) is 6.52. The summed E-state index contributed by atoms with van der Waals surface area (Å²) >= 11 is 1.21. The summed E-state index contributed by atoms with van der Waals surface area (Å²) in [5, 5.41) is 24.3. The molecule has 2 heterocycles. The minimum atomic E-state index is -1.24. The van der Waals surface area contributed by atoms with Gasteiger partial charge in [0.15, 0.2) is 0 Å². The van der Waals surface area contributed by atoms with E-state index in [0.717, 1.165) is 30.0 Å². The summed E-state index contributed by atoms with van der Waals surface area (Å²) in [5.74, 6) is -1.69. The molecule has 2 atom stereocenters. The zero-order chi connectivity index (χ0) is 36.2. The minimum absolute atomic E-state index is 0.0612. The van der Waals surface area contributed by atoms with Crippen LogP contribution in [0.15, 0.2) is 44.9 Å². The van der Waals surface area contributed by atoms with Crippen LogP contribution < -0.4 is 10.6 Å². The number of rotatable bonds is 11. The number of carboxylic acids is 2. The average molecular weight is 693 g/mol. The van der Waals surface area contributed by atoms with E-state index in [0.29, 0.717) is 45.8 Å². The van der Waals surface area contributed by atoms with Crippen LogP contribution in [0.5, 0.6) is 0 Å². The minimum Gasteiger partial charge on any atom is -0.478 e. The molecular formula is C36H44N4O8S. The van der Waals surface area contributed by atoms with Gasteiger partial charge in [0.05, 0.1) is 16.8 Å². The number of nitrogens with zero attached hydrogens (tertiary/aromatic N) is 1. The molecule has 262 valence electrons. The highest BCUT2D eigenvalue weighted by Gasteiger charge is 2.37. The van der Waals surface area contributed by atoms with E-state index in [1.807, 2.05) is 13.8 Å². The zero-order valence-electron chi connectivity index (χ0n) is 28.9. The number of aromatic carboxylic acids is 2. The molecule has 49 heavy (non-hydrogen) atoms. The number of allylic oxidation sites excluding steroid dienone is 1. The lowest BCUT2D eigenvalue weighted by molar-refractivity contribution is -0.152. The number of hydrogen-bond donors (Lipinski definition) is 5. The maximum absolute atomic E-state index is 13.8. The molecular weight excluding hydrogens is 648 g/mol. The first-order valence-corrected chi connectivity index (χ1v) is 17.3. The van der Waals surface area contributed by atoms with E-state index >= 15 is 0 Å². The molecule has 1 aliphatic heterocycles. The van der Waals surface area contributed by atoms with Crippen LogP contribution in [-0.4, -0.2) is 62.6 Å². The summed E-state index contributed by atoms with van der Waals surface area (Å²) in [6, 6.07) is 3.91. The Hall–Kier alpha value is -4.65. The maximum Gasteiger partial charge on any atom is 0.342 e. The van der Waals surface area contributed by atoms with E-state index in [1.54, 1.807) is 13.0 Å². The van der Waals surface area contributed by atoms with Gasteiger partial charge in [-0.1, -0.05) is 20.8 Å². The summed E-state index contributed by atoms with van der Waals surface area (Å²) in [6.45, 7) is 13.3. The van der Waals surface area contributed by atoms with E-state index < -0.39 is 17.9 Å². The Labute approximate surface area is 289 Å². The summed E-state index contributed by atoms with van der Waals surface area (Å²) in [4.78, 5) is 69.9. The predicted octanol–water partition coefficient (Wildman–Crippen LogP) is 6.36. The van der Waals surface area contributed by atoms with Gasteiger partial charge in [0.1, 0.15) is 23.3 Å². The number of nitrogens with one attached hydrogen (secondary N) is 3. The fourth-order valence-corrected chi connectivity index (χ4v) is 7.49. The van der Waals surface area contributed by atoms with Crippen molar-refractivity contribution < 1.29 is 38.9 Å². The number of amidine groups is 1. The Morgan fingerprint density at radius 1 is 1.00 bits per heavy atom. The third-order valence-electron chi connectivity index (χ3n) is 9.05. The van der Waals surface area contributed by atoms with Gasteiger partial charge in [-0.2, -0.15) is 0 Å². The molecule has 0 radical (unpaired) electrons. The Morgan fingerprint density at radius 2 is 1.67 bits per heavy atom. The number of thioether (sulfide) groups is 1. The molecule has 13 heteroatoms. The summed E-state index contributed by atoms with van der Waals surface area (Å²) in [7, 11) is 0. The van der Waals surface area contributed by atoms with Gasteiger partial charge in [-0.3, -0.25) is 9.59 Å². The lowest BCUT2D eigenvalue weighted by Crippen LogP contribution is -2.40. The predicted molar refractivity (Wildman–Crippen MR) is 188 cm³/mol. The molecule has 2 amide bonds. The van der Waals surface area contributed by atoms with Crippen LogP contribution >= 0.6 is 11.8 Å². The Morgan fingerprint density at radius 3 is 2.29 bits per heavy atom. The van der Waals surface area contributed by atoms with E-state index in [9.17, 15) is 34.2 Å². The van der Waals surface area contributed by atoms with Gasteiger partial charge < -0.3 is 30.6 Å². The van der Waals surface area contributed by atoms with Crippen LogP contribution in [0.25, 0.3) is 6.08 Å². The molecule has 0 bridgehead atoms. The van der Waals surface area contributed by atoms with Gasteiger partial charge in [-0.05, 0) is 105 Å². The molecule has 5 N–H and O–H groups in total. The Bertz CT molecular complexity index is 1760. The lowest BCUT2D eigenvalue weighted by Gasteiger charge is -2.37. The van der Waals surface area contributed by atoms with Crippen LogP contribution in [0.3, 0.4) is 0 Å². The van der Waals surface area contributed by atoms with E-state index in [1.165, 1.54) is 30.8 Å². The number of aromatic nitrogens is 1. The standard InChI is InChI=1S/C36H44N4O8S/c1-17-13-18(2)31(19(3)14-17)48-36(47)30-22(6)27(16-26-20(4)21(5)32(38-26)37-23(7)41)39-33(30)40-29(42)9-8-12-49-28-11-10-24(34(43)44)15-25(28)35(45)46/h10-11,15-19,31,38H,8-9,12-14H2,1-7H3,(H,37,41)(H,43,44)(H,45,46)(H,39,40,42)/b27-16-. The number of aliphatic imine (C=N–C) groups is 1. The number of aromatic amines is 1. The van der Waals surface area contributed by atoms with Gasteiger partial charge in [0, 0.05) is 23.9 Å². The highest BCUT2D eigenvalue weighted by Crippen LogP contribution is 2.37. The van der Waals surface area contributed by atoms with Gasteiger partial charge in [0.25, 0.3) is 0 Å². The first kappa shape index (κ1) is 37.2. The molecule has 2 aromatic rings. The Balaban J connectivity index is 1.53. The quantitative estimate of drug-likeness (QED) is 0.101. The number of esters is 1. The summed E-state index contributed by atoms with van der Waals surface area (Å²) in [5.41, 5.74) is 3.38. The molecule has 4 rings (SSSR count). The molecule has 2 unspecified atom stereocenters. The molecule has 12 nitrogen and oxygen atoms in total. The van der Waals surface area contributed by atoms with Crippen molar-refractivity contribution in [3.8, 4) is 0 Å². The maximum atomic E-state index is 13.8. The molecule has 1 saturated carbocycles. The number of ether oxygens (including phenoxy) is 1. The van der Waals surface area contributed by atoms with Crippen molar-refractivity contribution in [1.29, 1.82) is 0 Å². The number of carbonyl (C=O) groups excluding carboxylic acids is 3. The SMILES string of the molecule is CC(=O)Nc1[nH]c(/C=C2\N=C(NC(=O)CCCSc3ccc(C(=O)O)cc3C(=O)O)C(C(=O)OC3C(C)CC(C)CC3C)=C2C)c(C)c1C. The van der Waals surface area contributed by atoms with Crippen molar-refractivity contribution in [2.24, 2.45) is 22.7 Å². The van der Waals surface area contributed by atoms with Crippen molar-refractivity contribution in [1.82, 2.24) is 10.3 Å². The van der Waals surface area contributed by atoms with E-state index in [4.69, 9.17) is 4.74 Å². The number of carboxylic acid groups (broad SMARTS) is 2. The number of hydrogen-bond acceptors (Lipinski definition) is 8. The highest BCUT2D eigenvalue weighted by atomic mass is 32.2. The number of benzene rings is 1. The first-order valence-electron chi connectivity index (χ1n) is 16.3. The van der Waals surface area contributed by atoms with Crippen LogP contribution in [-0.2, 0) is 19.1 Å². The van der Waals surface area contributed by atoms with Crippen LogP contribution in [0.4, 0.5) is 5.82 Å². The topological polar surface area (TPSA) is 187 Å². The average Bonchev–Trinajstić information content (AvgIpc) is 3.45. The van der Waals surface area contributed by atoms with Crippen LogP contribution in [0.1, 0.15) is 97.8 Å². The molecule has 0 spiro atoms. The second-order valence-electron chi connectivity index (χ2n) is 13.1. The van der Waals surface area contributed by atoms with Crippen molar-refractivity contribution in [3.63, 3.8) is 0 Å². The van der Waals surface area contributed by atoms with Crippen molar-refractivity contribution in [3.05, 3.63) is 63.0 Å². The number of amides is 2. The number of carbonyl (C=O) groups is 5. The van der Waals surface area contributed by atoms with Crippen molar-refractivity contribution in [2.45, 2.75) is 85.1 Å². The lowest BCUT2D eigenvalue weighted by atomic mass is 9.75. The molecule has 2 aliphatic rings. The molecule has 1 aliphatic carbocycles. The van der Waals surface area contributed by atoms with Crippen molar-refractivity contribution in [2.75, 3.05) is 11.1 Å². The normalized spacial score (nSPS) is 21.4. The zero-order valence-corrected chi connectivity index (χ0v) is 29.7. The van der Waals surface area contributed by atoms with Gasteiger partial charge in [-0.15, -0.1) is 11.8 Å². The first-order chi connectivity index (χ1) is 23.1. The second-order valence-corrected chi connectivity index (χ2v) is 14.2.